The van der Waals surface area contributed by atoms with Crippen LogP contribution in [0.25, 0.3) is 0 Å². The van der Waals surface area contributed by atoms with Crippen molar-refractivity contribution in [2.45, 2.75) is 25.2 Å². The summed E-state index contributed by atoms with van der Waals surface area (Å²) in [6.07, 6.45) is 3.55. The molecule has 0 N–H and O–H groups in total. The highest BCUT2D eigenvalue weighted by atomic mass is 19.1. The molecule has 0 atom stereocenters. The summed E-state index contributed by atoms with van der Waals surface area (Å²) < 4.78 is 18.2. The first-order chi connectivity index (χ1) is 6.33. The fraction of sp³-hybridized carbons (Fsp3) is 0.455. The maximum absolute atomic E-state index is 13.2. The maximum Gasteiger partial charge on any atom is 0.173 e. The number of ether oxygens (including phenoxy) is 1. The molecule has 69 valence electrons. The van der Waals surface area contributed by atoms with Gasteiger partial charge in [0, 0.05) is 11.6 Å². The smallest absolute Gasteiger partial charge is 0.173 e. The van der Waals surface area contributed by atoms with Gasteiger partial charge in [0.15, 0.2) is 11.6 Å². The summed E-state index contributed by atoms with van der Waals surface area (Å²) in [6, 6.07) is 6.04. The molecule has 0 aliphatic heterocycles. The first kappa shape index (κ1) is 8.54. The summed E-state index contributed by atoms with van der Waals surface area (Å²) in [7, 11) is 1.51. The predicted molar refractivity (Wildman–Crippen MR) is 48.4 cm³/mol. The van der Waals surface area contributed by atoms with Gasteiger partial charge in [-0.2, -0.15) is 0 Å². The molecule has 1 aliphatic carbocycles. The van der Waals surface area contributed by atoms with Crippen molar-refractivity contribution >= 4 is 0 Å². The third-order valence-electron chi connectivity index (χ3n) is 2.68. The zero-order valence-corrected chi connectivity index (χ0v) is 7.64. The Labute approximate surface area is 77.5 Å². The fourth-order valence-electron chi connectivity index (χ4n) is 1.72. The van der Waals surface area contributed by atoms with Gasteiger partial charge >= 0.3 is 0 Å². The molecule has 1 aromatic carbocycles. The Balaban J connectivity index is 2.37. The SMILES string of the molecule is COc1c(F)[c]ccc1C1CCC1. The Kier molecular flexibility index (Phi) is 2.21. The summed E-state index contributed by atoms with van der Waals surface area (Å²) in [4.78, 5) is 0. The van der Waals surface area contributed by atoms with Crippen LogP contribution < -0.4 is 4.74 Å². The maximum atomic E-state index is 13.2. The van der Waals surface area contributed by atoms with E-state index in [4.69, 9.17) is 4.74 Å². The van der Waals surface area contributed by atoms with Crippen LogP contribution in [0, 0.1) is 11.9 Å². The lowest BCUT2D eigenvalue weighted by atomic mass is 9.79. The number of methoxy groups -OCH3 is 1. The second-order valence-electron chi connectivity index (χ2n) is 3.41. The molecule has 1 aliphatic rings. The van der Waals surface area contributed by atoms with Crippen LogP contribution in [0.1, 0.15) is 30.7 Å². The van der Waals surface area contributed by atoms with E-state index in [1.165, 1.54) is 13.5 Å². The molecule has 2 heteroatoms. The minimum Gasteiger partial charge on any atom is -0.493 e. The minimum atomic E-state index is -0.369. The summed E-state index contributed by atoms with van der Waals surface area (Å²) in [5.41, 5.74) is 1.00. The molecule has 13 heavy (non-hydrogen) atoms. The van der Waals surface area contributed by atoms with E-state index in [0.717, 1.165) is 18.4 Å². The van der Waals surface area contributed by atoms with Gasteiger partial charge in [-0.25, -0.2) is 4.39 Å². The van der Waals surface area contributed by atoms with Gasteiger partial charge < -0.3 is 4.74 Å². The van der Waals surface area contributed by atoms with Crippen molar-refractivity contribution in [3.05, 3.63) is 29.6 Å². The van der Waals surface area contributed by atoms with Gasteiger partial charge in [-0.15, -0.1) is 0 Å². The molecule has 0 aromatic heterocycles. The highest BCUT2D eigenvalue weighted by Gasteiger charge is 2.24. The van der Waals surface area contributed by atoms with Gasteiger partial charge in [0.05, 0.1) is 7.11 Å². The van der Waals surface area contributed by atoms with Crippen LogP contribution in [-0.4, -0.2) is 7.11 Å². The molecule has 1 fully saturated rings. The monoisotopic (exact) mass is 179 g/mol. The molecule has 1 aromatic rings. The van der Waals surface area contributed by atoms with Crippen LogP contribution in [-0.2, 0) is 0 Å². The zero-order chi connectivity index (χ0) is 9.26. The van der Waals surface area contributed by atoms with Crippen molar-refractivity contribution in [1.82, 2.24) is 0 Å². The van der Waals surface area contributed by atoms with Crippen molar-refractivity contribution in [2.24, 2.45) is 0 Å². The average Bonchev–Trinajstić information content (AvgIpc) is 2.01. The first-order valence-electron chi connectivity index (χ1n) is 4.57. The molecule has 0 amide bonds. The summed E-state index contributed by atoms with van der Waals surface area (Å²) in [5, 5.41) is 0. The van der Waals surface area contributed by atoms with Crippen LogP contribution in [0.4, 0.5) is 4.39 Å². The summed E-state index contributed by atoms with van der Waals surface area (Å²) in [6.45, 7) is 0. The van der Waals surface area contributed by atoms with Gasteiger partial charge in [-0.3, -0.25) is 0 Å². The van der Waals surface area contributed by atoms with E-state index in [-0.39, 0.29) is 5.82 Å². The molecule has 0 unspecified atom stereocenters. The fourth-order valence-corrected chi connectivity index (χ4v) is 1.72. The van der Waals surface area contributed by atoms with E-state index < -0.39 is 0 Å². The van der Waals surface area contributed by atoms with Crippen LogP contribution in [0.5, 0.6) is 5.75 Å². The molecule has 0 saturated heterocycles. The molecule has 1 nitrogen and oxygen atoms in total. The minimum absolute atomic E-state index is 0.369. The molecule has 1 saturated carbocycles. The van der Waals surface area contributed by atoms with Crippen molar-refractivity contribution in [3.63, 3.8) is 0 Å². The number of hydrogen-bond donors (Lipinski definition) is 0. The van der Waals surface area contributed by atoms with E-state index in [2.05, 4.69) is 6.07 Å². The highest BCUT2D eigenvalue weighted by molar-refractivity contribution is 5.38. The van der Waals surface area contributed by atoms with Crippen molar-refractivity contribution in [1.29, 1.82) is 0 Å². The molecular weight excluding hydrogens is 167 g/mol. The molecular formula is C11H12FO. The van der Waals surface area contributed by atoms with Crippen LogP contribution in [0.2, 0.25) is 0 Å². The third kappa shape index (κ3) is 1.41. The van der Waals surface area contributed by atoms with Crippen LogP contribution >= 0.6 is 0 Å². The van der Waals surface area contributed by atoms with Crippen molar-refractivity contribution in [3.8, 4) is 5.75 Å². The number of hydrogen-bond acceptors (Lipinski definition) is 1. The predicted octanol–water partition coefficient (Wildman–Crippen LogP) is 2.90. The Morgan fingerprint density at radius 3 is 2.85 bits per heavy atom. The van der Waals surface area contributed by atoms with Gasteiger partial charge in [0.2, 0.25) is 0 Å². The Hall–Kier alpha value is -1.05. The first-order valence-corrected chi connectivity index (χ1v) is 4.57. The number of benzene rings is 1. The lowest BCUT2D eigenvalue weighted by Crippen LogP contribution is -2.10. The average molecular weight is 179 g/mol. The molecule has 0 bridgehead atoms. The van der Waals surface area contributed by atoms with E-state index in [1.807, 2.05) is 6.07 Å². The zero-order valence-electron chi connectivity index (χ0n) is 7.64. The second kappa shape index (κ2) is 3.36. The summed E-state index contributed by atoms with van der Waals surface area (Å²) >= 11 is 0. The second-order valence-corrected chi connectivity index (χ2v) is 3.41. The molecule has 2 rings (SSSR count). The largest absolute Gasteiger partial charge is 0.493 e. The quantitative estimate of drug-likeness (QED) is 0.678. The van der Waals surface area contributed by atoms with Gasteiger partial charge in [-0.05, 0) is 18.8 Å². The number of rotatable bonds is 2. The van der Waals surface area contributed by atoms with Crippen molar-refractivity contribution < 1.29 is 9.13 Å². The Morgan fingerprint density at radius 1 is 1.54 bits per heavy atom. The van der Waals surface area contributed by atoms with E-state index in [1.54, 1.807) is 6.07 Å². The van der Waals surface area contributed by atoms with Gasteiger partial charge in [0.25, 0.3) is 0 Å². The van der Waals surface area contributed by atoms with E-state index in [9.17, 15) is 4.39 Å². The Morgan fingerprint density at radius 2 is 2.31 bits per heavy atom. The lowest BCUT2D eigenvalue weighted by Gasteiger charge is -2.27. The molecule has 0 heterocycles. The summed E-state index contributed by atoms with van der Waals surface area (Å²) in [5.74, 6) is 0.512. The normalized spacial score (nSPS) is 16.8. The standard InChI is InChI=1S/C11H12FO/c1-13-11-9(8-4-2-5-8)6-3-7-10(11)12/h3,6,8H,2,4-5H2,1H3. The van der Waals surface area contributed by atoms with Crippen LogP contribution in [0.3, 0.4) is 0 Å². The molecule has 1 radical (unpaired) electrons. The number of halogens is 1. The Bertz CT molecular complexity index is 305. The van der Waals surface area contributed by atoms with Crippen molar-refractivity contribution in [2.75, 3.05) is 7.11 Å². The van der Waals surface area contributed by atoms with E-state index >= 15 is 0 Å². The topological polar surface area (TPSA) is 9.23 Å². The highest BCUT2D eigenvalue weighted by Crippen LogP contribution is 2.41. The van der Waals surface area contributed by atoms with E-state index in [0.29, 0.717) is 11.7 Å². The third-order valence-corrected chi connectivity index (χ3v) is 2.68. The van der Waals surface area contributed by atoms with Gasteiger partial charge in [0.1, 0.15) is 0 Å². The molecule has 0 spiro atoms. The van der Waals surface area contributed by atoms with Crippen LogP contribution in [0.15, 0.2) is 12.1 Å². The van der Waals surface area contributed by atoms with Gasteiger partial charge in [-0.1, -0.05) is 18.6 Å². The lowest BCUT2D eigenvalue weighted by molar-refractivity contribution is 0.354.